The van der Waals surface area contributed by atoms with Gasteiger partial charge < -0.3 is 19.5 Å². The fourth-order valence-corrected chi connectivity index (χ4v) is 9.61. The van der Waals surface area contributed by atoms with E-state index in [2.05, 4.69) is 11.5 Å². The molecule has 9 rings (SSSR count). The van der Waals surface area contributed by atoms with Crippen molar-refractivity contribution in [2.24, 2.45) is 0 Å². The van der Waals surface area contributed by atoms with Crippen molar-refractivity contribution in [2.75, 3.05) is 50.9 Å². The summed E-state index contributed by atoms with van der Waals surface area (Å²) in [6.45, 7) is 9.69. The molecule has 8 nitrogen and oxygen atoms in total. The summed E-state index contributed by atoms with van der Waals surface area (Å²) >= 11 is 0. The van der Waals surface area contributed by atoms with Gasteiger partial charge in [0.1, 0.15) is 29.9 Å². The smallest absolute Gasteiger partial charge is 0.416 e. The minimum Gasteiger partial charge on any atom is -0.461 e. The van der Waals surface area contributed by atoms with Crippen LogP contribution in [0.25, 0.3) is 28.5 Å². The molecule has 5 heterocycles. The predicted molar refractivity (Wildman–Crippen MR) is 185 cm³/mol. The van der Waals surface area contributed by atoms with Gasteiger partial charge in [0.2, 0.25) is 0 Å². The van der Waals surface area contributed by atoms with E-state index < -0.39 is 40.1 Å². The highest BCUT2D eigenvalue weighted by Gasteiger charge is 2.59. The summed E-state index contributed by atoms with van der Waals surface area (Å²) in [6, 6.07) is 2.98. The molecule has 3 aromatic rings. The third-order valence-corrected chi connectivity index (χ3v) is 12.2. The van der Waals surface area contributed by atoms with Gasteiger partial charge in [-0.1, -0.05) is 12.7 Å². The Morgan fingerprint density at radius 1 is 1.12 bits per heavy atom. The van der Waals surface area contributed by atoms with Gasteiger partial charge in [-0.15, -0.1) is 0 Å². The molecule has 6 aliphatic rings. The third-order valence-electron chi connectivity index (χ3n) is 12.2. The molecule has 1 aromatic carbocycles. The first-order valence-corrected chi connectivity index (χ1v) is 18.3. The van der Waals surface area contributed by atoms with Gasteiger partial charge in [0.05, 0.1) is 42.2 Å². The molecule has 3 aliphatic carbocycles. The van der Waals surface area contributed by atoms with Crippen molar-refractivity contribution < 1.29 is 36.5 Å². The summed E-state index contributed by atoms with van der Waals surface area (Å²) in [6.07, 6.45) is 0.716. The molecule has 0 radical (unpaired) electrons. The van der Waals surface area contributed by atoms with E-state index in [4.69, 9.17) is 24.4 Å². The van der Waals surface area contributed by atoms with E-state index in [9.17, 15) is 22.7 Å². The second-order valence-corrected chi connectivity index (χ2v) is 16.1. The second-order valence-electron chi connectivity index (χ2n) is 16.1. The van der Waals surface area contributed by atoms with E-state index in [1.54, 1.807) is 20.0 Å². The van der Waals surface area contributed by atoms with Crippen LogP contribution in [-0.4, -0.2) is 88.3 Å². The lowest BCUT2D eigenvalue weighted by atomic mass is 9.82. The predicted octanol–water partition coefficient (Wildman–Crippen LogP) is 7.07. The Morgan fingerprint density at radius 3 is 2.62 bits per heavy atom. The maximum atomic E-state index is 16.4. The zero-order chi connectivity index (χ0) is 36.4. The second kappa shape index (κ2) is 11.4. The maximum absolute atomic E-state index is 16.4. The first-order chi connectivity index (χ1) is 24.7. The number of β-amino-alcohol motifs (C(OH)–C–C–N with tert-alkyl or cyclic N) is 1. The Hall–Kier alpha value is -3.68. The molecule has 2 saturated carbocycles. The first kappa shape index (κ1) is 34.1. The average Bonchev–Trinajstić information content (AvgIpc) is 3.96. The van der Waals surface area contributed by atoms with Crippen LogP contribution in [0.5, 0.6) is 6.01 Å². The van der Waals surface area contributed by atoms with Gasteiger partial charge >= 0.3 is 12.2 Å². The Balaban J connectivity index is 1.24. The number of aliphatic hydroxyl groups is 1. The lowest BCUT2D eigenvalue weighted by Crippen LogP contribution is -2.44. The SMILES string of the molecule is C=Cc1c(C)cc(C(F)(F)F)c(C2(F)CC2)c1-c1nccc2c1C1(CC1)c1nc(OC[C@@]34CCCN3C[C@H](F)C4)nc(N3CCOC[C@@](C)(O)C3)c1-2. The number of aryl methyl sites for hydroxylation is 1. The van der Waals surface area contributed by atoms with Crippen LogP contribution >= 0.6 is 0 Å². The number of hydrogen-bond acceptors (Lipinski definition) is 8. The highest BCUT2D eigenvalue weighted by atomic mass is 19.4. The summed E-state index contributed by atoms with van der Waals surface area (Å²) < 4.78 is 87.5. The number of ether oxygens (including phenoxy) is 2. The topological polar surface area (TPSA) is 83.8 Å². The molecule has 52 heavy (non-hydrogen) atoms. The standard InChI is InChI=1S/C39H42F5N5O3/c1-4-24-22(2)16-26(39(42,43)44)30(38(41)10-11-38)27(24)31-29-25(6-12-45-31)28-32(37(29)8-9-37)46-34(47-33(28)48-14-15-51-20-35(3,50)19-48)52-21-36-7-5-13-49(36)18-23(40)17-36/h4,6,12,16,23,50H,1,5,7-11,13-15,17-21H2,2-3H3/t23-,35+,36+/m1/s1. The Bertz CT molecular complexity index is 1990. The molecule has 5 fully saturated rings. The van der Waals surface area contributed by atoms with E-state index in [-0.39, 0.29) is 55.4 Å². The summed E-state index contributed by atoms with van der Waals surface area (Å²) in [4.78, 5) is 18.9. The molecule has 2 aromatic heterocycles. The highest BCUT2D eigenvalue weighted by Crippen LogP contribution is 2.67. The fraction of sp³-hybridized carbons (Fsp3) is 0.564. The van der Waals surface area contributed by atoms with Crippen LogP contribution in [0.15, 0.2) is 24.9 Å². The number of halogens is 5. The molecule has 3 atom stereocenters. The number of aromatic nitrogens is 3. The summed E-state index contributed by atoms with van der Waals surface area (Å²) in [7, 11) is 0. The Kier molecular flexibility index (Phi) is 7.49. The quantitative estimate of drug-likeness (QED) is 0.260. The molecule has 1 N–H and O–H groups in total. The van der Waals surface area contributed by atoms with Gasteiger partial charge in [0.25, 0.3) is 0 Å². The van der Waals surface area contributed by atoms with Crippen LogP contribution in [0.4, 0.5) is 27.8 Å². The zero-order valence-corrected chi connectivity index (χ0v) is 29.4. The van der Waals surface area contributed by atoms with Crippen LogP contribution in [0, 0.1) is 6.92 Å². The van der Waals surface area contributed by atoms with Crippen molar-refractivity contribution >= 4 is 11.9 Å². The fourth-order valence-electron chi connectivity index (χ4n) is 9.61. The molecule has 3 saturated heterocycles. The van der Waals surface area contributed by atoms with E-state index in [1.807, 2.05) is 11.0 Å². The van der Waals surface area contributed by atoms with E-state index in [1.165, 1.54) is 6.08 Å². The summed E-state index contributed by atoms with van der Waals surface area (Å²) in [5.41, 5.74) is -1.97. The largest absolute Gasteiger partial charge is 0.461 e. The molecule has 13 heteroatoms. The van der Waals surface area contributed by atoms with Crippen molar-refractivity contribution in [3.8, 4) is 28.4 Å². The lowest BCUT2D eigenvalue weighted by Gasteiger charge is -2.32. The molecule has 3 aliphatic heterocycles. The van der Waals surface area contributed by atoms with Crippen LogP contribution in [-0.2, 0) is 22.0 Å². The zero-order valence-electron chi connectivity index (χ0n) is 29.4. The van der Waals surface area contributed by atoms with E-state index in [0.717, 1.165) is 25.5 Å². The Morgan fingerprint density at radius 2 is 1.90 bits per heavy atom. The highest BCUT2D eigenvalue weighted by molar-refractivity contribution is 5.95. The number of benzene rings is 1. The summed E-state index contributed by atoms with van der Waals surface area (Å²) in [5, 5.41) is 11.2. The molecule has 0 unspecified atom stereocenters. The van der Waals surface area contributed by atoms with Gasteiger partial charge in [0, 0.05) is 47.8 Å². The monoisotopic (exact) mass is 723 g/mol. The molecular formula is C39H42F5N5O3. The van der Waals surface area contributed by atoms with E-state index in [0.29, 0.717) is 78.3 Å². The normalized spacial score (nSPS) is 28.4. The number of fused-ring (bicyclic) bond motifs is 6. The summed E-state index contributed by atoms with van der Waals surface area (Å²) in [5.74, 6) is 0.511. The van der Waals surface area contributed by atoms with Crippen molar-refractivity contribution in [2.45, 2.75) is 93.4 Å². The molecule has 276 valence electrons. The minimum absolute atomic E-state index is 0.0154. The van der Waals surface area contributed by atoms with E-state index >= 15 is 4.39 Å². The van der Waals surface area contributed by atoms with Crippen molar-refractivity contribution in [3.63, 3.8) is 0 Å². The number of hydrogen-bond donors (Lipinski definition) is 1. The van der Waals surface area contributed by atoms with Crippen LogP contribution in [0.2, 0.25) is 0 Å². The van der Waals surface area contributed by atoms with Crippen LogP contribution in [0.3, 0.4) is 0 Å². The van der Waals surface area contributed by atoms with Crippen molar-refractivity contribution in [1.29, 1.82) is 0 Å². The Labute approximate surface area is 299 Å². The number of pyridine rings is 1. The number of rotatable bonds is 7. The van der Waals surface area contributed by atoms with Crippen molar-refractivity contribution in [3.05, 3.63) is 58.4 Å². The van der Waals surface area contributed by atoms with Gasteiger partial charge in [-0.05, 0) is 93.3 Å². The number of alkyl halides is 5. The molecular weight excluding hydrogens is 681 g/mol. The number of anilines is 1. The first-order valence-electron chi connectivity index (χ1n) is 18.3. The lowest BCUT2D eigenvalue weighted by molar-refractivity contribution is -0.139. The van der Waals surface area contributed by atoms with Gasteiger partial charge in [-0.2, -0.15) is 23.1 Å². The maximum Gasteiger partial charge on any atom is 0.416 e. The molecule has 0 bridgehead atoms. The van der Waals surface area contributed by atoms with Crippen molar-refractivity contribution in [1.82, 2.24) is 19.9 Å². The third kappa shape index (κ3) is 5.20. The average molecular weight is 724 g/mol. The van der Waals surface area contributed by atoms with Gasteiger partial charge in [-0.25, -0.2) is 8.78 Å². The van der Waals surface area contributed by atoms with Gasteiger partial charge in [0.15, 0.2) is 0 Å². The van der Waals surface area contributed by atoms with Crippen LogP contribution in [0.1, 0.15) is 85.4 Å². The minimum atomic E-state index is -4.79. The molecule has 1 spiro atoms. The number of nitrogens with zero attached hydrogens (tertiary/aromatic N) is 5. The molecule has 0 amide bonds. The van der Waals surface area contributed by atoms with Crippen LogP contribution < -0.4 is 9.64 Å². The van der Waals surface area contributed by atoms with Gasteiger partial charge in [-0.3, -0.25) is 9.88 Å².